The van der Waals surface area contributed by atoms with Crippen LogP contribution in [0.25, 0.3) is 91.9 Å². The predicted molar refractivity (Wildman–Crippen MR) is 210 cm³/mol. The summed E-state index contributed by atoms with van der Waals surface area (Å²) in [5.41, 5.74) is 10.2. The number of fused-ring (bicyclic) bond motifs is 10. The Morgan fingerprint density at radius 3 is 1.98 bits per heavy atom. The van der Waals surface area contributed by atoms with Crippen molar-refractivity contribution >= 4 is 69.6 Å². The minimum atomic E-state index is 0. The minimum absolute atomic E-state index is 0. The van der Waals surface area contributed by atoms with Crippen LogP contribution in [0.3, 0.4) is 0 Å². The van der Waals surface area contributed by atoms with Crippen LogP contribution in [0.2, 0.25) is 0 Å². The van der Waals surface area contributed by atoms with Gasteiger partial charge in [0.25, 0.3) is 0 Å². The number of hydrogen-bond acceptors (Lipinski definition) is 3. The van der Waals surface area contributed by atoms with Crippen molar-refractivity contribution in [1.29, 1.82) is 0 Å². The second-order valence-corrected chi connectivity index (χ2v) is 13.5. The summed E-state index contributed by atoms with van der Waals surface area (Å²) in [6.45, 7) is 0. The molecule has 0 N–H and O–H groups in total. The Morgan fingerprint density at radius 1 is 0.490 bits per heavy atom. The summed E-state index contributed by atoms with van der Waals surface area (Å²) in [5.74, 6) is 0. The third-order valence-electron chi connectivity index (χ3n) is 9.52. The molecule has 11 aromatic rings. The SMILES string of the molecule is [Ir].[c-]1cc2c(cc1-c1ccccn1)c1cc(-c3ccccc3)cc3c4c5c(ccc4n2c13)sc1ccccc15.[c-]1ccccc1-c1ccccn1. The van der Waals surface area contributed by atoms with Crippen molar-refractivity contribution in [2.45, 2.75) is 0 Å². The van der Waals surface area contributed by atoms with Crippen molar-refractivity contribution in [3.63, 3.8) is 0 Å². The summed E-state index contributed by atoms with van der Waals surface area (Å²) in [7, 11) is 0. The molecule has 11 rings (SSSR count). The maximum Gasteiger partial charge on any atom is 0.0517 e. The van der Waals surface area contributed by atoms with Gasteiger partial charge in [-0.1, -0.05) is 78.2 Å². The summed E-state index contributed by atoms with van der Waals surface area (Å²) in [4.78, 5) is 8.81. The van der Waals surface area contributed by atoms with Crippen molar-refractivity contribution in [3.05, 3.63) is 176 Å². The largest absolute Gasteiger partial charge is 0.350 e. The van der Waals surface area contributed by atoms with Crippen molar-refractivity contribution in [1.82, 2.24) is 14.4 Å². The minimum Gasteiger partial charge on any atom is -0.350 e. The number of rotatable bonds is 3. The summed E-state index contributed by atoms with van der Waals surface area (Å²) in [6, 6.07) is 59.7. The molecule has 0 spiro atoms. The number of aromatic nitrogens is 3. The van der Waals surface area contributed by atoms with Crippen molar-refractivity contribution < 1.29 is 20.1 Å². The zero-order chi connectivity index (χ0) is 33.0. The summed E-state index contributed by atoms with van der Waals surface area (Å²) in [5, 5.41) is 7.85. The Bertz CT molecular complexity index is 2920. The zero-order valence-electron chi connectivity index (χ0n) is 27.2. The first kappa shape index (κ1) is 31.3. The fourth-order valence-corrected chi connectivity index (χ4v) is 8.45. The maximum absolute atomic E-state index is 4.60. The molecule has 0 aliphatic rings. The molecule has 0 aliphatic heterocycles. The maximum atomic E-state index is 4.60. The normalized spacial score (nSPS) is 11.4. The summed E-state index contributed by atoms with van der Waals surface area (Å²) < 4.78 is 5.12. The summed E-state index contributed by atoms with van der Waals surface area (Å²) in [6.07, 6.45) is 3.63. The second-order valence-electron chi connectivity index (χ2n) is 12.4. The Hall–Kier alpha value is -5.71. The molecule has 5 aromatic heterocycles. The average molecular weight is 846 g/mol. The first-order chi connectivity index (χ1) is 24.8. The molecule has 0 fully saturated rings. The zero-order valence-corrected chi connectivity index (χ0v) is 30.4. The van der Waals surface area contributed by atoms with Crippen LogP contribution in [-0.4, -0.2) is 14.4 Å². The first-order valence-corrected chi connectivity index (χ1v) is 17.5. The first-order valence-electron chi connectivity index (χ1n) is 16.7. The molecule has 5 heteroatoms. The Morgan fingerprint density at radius 2 is 1.22 bits per heavy atom. The average Bonchev–Trinajstić information content (AvgIpc) is 3.85. The fraction of sp³-hybridized carbons (Fsp3) is 0. The van der Waals surface area contributed by atoms with E-state index in [0.29, 0.717) is 0 Å². The van der Waals surface area contributed by atoms with Gasteiger partial charge >= 0.3 is 0 Å². The van der Waals surface area contributed by atoms with Gasteiger partial charge in [0.05, 0.1) is 5.52 Å². The van der Waals surface area contributed by atoms with E-state index >= 15 is 0 Å². The monoisotopic (exact) mass is 846 g/mol. The molecule has 0 aliphatic carbocycles. The topological polar surface area (TPSA) is 30.2 Å². The number of thiophene rings is 1. The van der Waals surface area contributed by atoms with Crippen LogP contribution in [0.15, 0.2) is 164 Å². The van der Waals surface area contributed by atoms with Gasteiger partial charge in [-0.3, -0.25) is 0 Å². The molecule has 3 nitrogen and oxygen atoms in total. The van der Waals surface area contributed by atoms with E-state index in [4.69, 9.17) is 0 Å². The molecule has 243 valence electrons. The standard InChI is InChI=1S/C35H19N2S.C11H8N.Ir/c1-2-8-21(9-3-1)23-19-26-25-18-22(28-11-6-7-17-36-28)13-14-29(25)37-30-15-16-32-34(33(30)27(20-23)35(26)37)24-10-4-5-12-31(24)38-32;1-2-6-10(7-3-1)11-8-4-5-9-12-11;/h1-12,14-20H;1-6,8-9H;/q2*-1;. The van der Waals surface area contributed by atoms with Crippen LogP contribution in [-0.2, 0) is 20.1 Å². The van der Waals surface area contributed by atoms with Crippen LogP contribution in [0, 0.1) is 12.1 Å². The molecule has 1 radical (unpaired) electrons. The van der Waals surface area contributed by atoms with E-state index in [1.54, 1.807) is 6.20 Å². The molecule has 0 saturated heterocycles. The fourth-order valence-electron chi connectivity index (χ4n) is 7.33. The smallest absolute Gasteiger partial charge is 0.0517 e. The molecule has 0 amide bonds. The second kappa shape index (κ2) is 12.9. The van der Waals surface area contributed by atoms with Crippen LogP contribution in [0.4, 0.5) is 0 Å². The predicted octanol–water partition coefficient (Wildman–Crippen LogP) is 12.3. The number of benzene rings is 6. The third-order valence-corrected chi connectivity index (χ3v) is 10.7. The van der Waals surface area contributed by atoms with Gasteiger partial charge in [-0.2, -0.15) is 0 Å². The Labute approximate surface area is 312 Å². The van der Waals surface area contributed by atoms with Crippen LogP contribution >= 0.6 is 11.3 Å². The number of hydrogen-bond donors (Lipinski definition) is 0. The van der Waals surface area contributed by atoms with Crippen LogP contribution in [0.1, 0.15) is 0 Å². The van der Waals surface area contributed by atoms with Gasteiger partial charge in [0.2, 0.25) is 0 Å². The van der Waals surface area contributed by atoms with Crippen LogP contribution < -0.4 is 0 Å². The molecular formula is C46H27IrN3S-2. The van der Waals surface area contributed by atoms with Crippen molar-refractivity contribution in [3.8, 4) is 33.6 Å². The molecular weight excluding hydrogens is 819 g/mol. The van der Waals surface area contributed by atoms with E-state index < -0.39 is 0 Å². The molecule has 0 saturated carbocycles. The number of nitrogens with zero attached hydrogens (tertiary/aromatic N) is 3. The molecule has 6 aromatic carbocycles. The van der Waals surface area contributed by atoms with E-state index in [1.165, 1.54) is 69.4 Å². The third kappa shape index (κ3) is 5.21. The number of pyridine rings is 2. The van der Waals surface area contributed by atoms with Gasteiger partial charge in [0.15, 0.2) is 0 Å². The van der Waals surface area contributed by atoms with Gasteiger partial charge in [-0.25, -0.2) is 0 Å². The molecule has 0 bridgehead atoms. The van der Waals surface area contributed by atoms with Gasteiger partial charge in [0, 0.05) is 69.0 Å². The Kier molecular flexibility index (Phi) is 7.90. The van der Waals surface area contributed by atoms with E-state index in [-0.39, 0.29) is 20.1 Å². The van der Waals surface area contributed by atoms with E-state index in [2.05, 4.69) is 124 Å². The summed E-state index contributed by atoms with van der Waals surface area (Å²) >= 11 is 1.88. The molecule has 0 unspecified atom stereocenters. The quantitative estimate of drug-likeness (QED) is 0.166. The van der Waals surface area contributed by atoms with Gasteiger partial charge < -0.3 is 14.4 Å². The van der Waals surface area contributed by atoms with Crippen molar-refractivity contribution in [2.75, 3.05) is 0 Å². The molecule has 0 atom stereocenters. The van der Waals surface area contributed by atoms with E-state index in [0.717, 1.165) is 22.5 Å². The van der Waals surface area contributed by atoms with Gasteiger partial charge in [-0.15, -0.1) is 71.0 Å². The van der Waals surface area contributed by atoms with E-state index in [9.17, 15) is 0 Å². The van der Waals surface area contributed by atoms with Gasteiger partial charge in [0.1, 0.15) is 0 Å². The molecule has 51 heavy (non-hydrogen) atoms. The molecule has 5 heterocycles. The van der Waals surface area contributed by atoms with Crippen LogP contribution in [0.5, 0.6) is 0 Å². The van der Waals surface area contributed by atoms with E-state index in [1.807, 2.05) is 72.1 Å². The van der Waals surface area contributed by atoms with Crippen molar-refractivity contribution in [2.24, 2.45) is 0 Å². The van der Waals surface area contributed by atoms with Gasteiger partial charge in [-0.05, 0) is 75.9 Å². The Balaban J connectivity index is 0.000000228.